The quantitative estimate of drug-likeness (QED) is 0.559. The van der Waals surface area contributed by atoms with Gasteiger partial charge in [0.15, 0.2) is 0 Å². The van der Waals surface area contributed by atoms with Crippen molar-refractivity contribution in [2.45, 2.75) is 13.8 Å². The monoisotopic (exact) mass is 207 g/mol. The molecular weight excluding hydrogens is 194 g/mol. The van der Waals surface area contributed by atoms with Crippen LogP contribution in [-0.4, -0.2) is 19.0 Å². The second-order valence-corrected chi connectivity index (χ2v) is 3.26. The fraction of sp³-hybridized carbons (Fsp3) is 0.273. The number of benzene rings is 1. The number of ether oxygens (including phenoxy) is 1. The molecule has 4 nitrogen and oxygen atoms in total. The van der Waals surface area contributed by atoms with Crippen LogP contribution in [0.3, 0.4) is 0 Å². The van der Waals surface area contributed by atoms with E-state index in [0.29, 0.717) is 5.69 Å². The van der Waals surface area contributed by atoms with Crippen molar-refractivity contribution in [3.63, 3.8) is 0 Å². The second kappa shape index (κ2) is 4.59. The number of methoxy groups -OCH3 is 1. The number of hydrogen-bond donors (Lipinski definition) is 1. The first kappa shape index (κ1) is 11.2. The van der Waals surface area contributed by atoms with Gasteiger partial charge in [-0.25, -0.2) is 4.79 Å². The summed E-state index contributed by atoms with van der Waals surface area (Å²) in [6, 6.07) is 5.61. The average Bonchev–Trinajstić information content (AvgIpc) is 2.22. The zero-order chi connectivity index (χ0) is 11.4. The smallest absolute Gasteiger partial charge is 0.396 e. The minimum atomic E-state index is -0.893. The van der Waals surface area contributed by atoms with Crippen LogP contribution in [0.2, 0.25) is 0 Å². The summed E-state index contributed by atoms with van der Waals surface area (Å²) in [6.45, 7) is 3.76. The Bertz CT molecular complexity index is 399. The van der Waals surface area contributed by atoms with Crippen LogP contribution in [-0.2, 0) is 14.3 Å². The third kappa shape index (κ3) is 2.80. The Kier molecular flexibility index (Phi) is 3.44. The Labute approximate surface area is 88.2 Å². The lowest BCUT2D eigenvalue weighted by Crippen LogP contribution is -2.24. The average molecular weight is 207 g/mol. The number of anilines is 1. The molecule has 0 unspecified atom stereocenters. The topological polar surface area (TPSA) is 55.4 Å². The predicted octanol–water partition coefficient (Wildman–Crippen LogP) is 1.41. The van der Waals surface area contributed by atoms with E-state index in [4.69, 9.17) is 0 Å². The zero-order valence-corrected chi connectivity index (χ0v) is 8.96. The number of hydrogen-bond acceptors (Lipinski definition) is 3. The Morgan fingerprint density at radius 3 is 2.53 bits per heavy atom. The molecule has 0 aliphatic rings. The van der Waals surface area contributed by atoms with E-state index < -0.39 is 11.9 Å². The van der Waals surface area contributed by atoms with Gasteiger partial charge in [0, 0.05) is 5.69 Å². The van der Waals surface area contributed by atoms with E-state index in [2.05, 4.69) is 10.1 Å². The Morgan fingerprint density at radius 1 is 1.27 bits per heavy atom. The van der Waals surface area contributed by atoms with Crippen molar-refractivity contribution in [2.24, 2.45) is 0 Å². The van der Waals surface area contributed by atoms with Gasteiger partial charge in [-0.2, -0.15) is 0 Å². The van der Waals surface area contributed by atoms with Gasteiger partial charge in [-0.3, -0.25) is 4.79 Å². The normalized spacial score (nSPS) is 9.53. The molecule has 0 saturated carbocycles. The lowest BCUT2D eigenvalue weighted by molar-refractivity contribution is -0.150. The third-order valence-corrected chi connectivity index (χ3v) is 2.01. The Hall–Kier alpha value is -1.84. The second-order valence-electron chi connectivity index (χ2n) is 3.26. The van der Waals surface area contributed by atoms with Gasteiger partial charge in [-0.05, 0) is 31.0 Å². The van der Waals surface area contributed by atoms with E-state index in [1.54, 1.807) is 6.07 Å². The first-order chi connectivity index (χ1) is 7.04. The molecule has 0 saturated heterocycles. The lowest BCUT2D eigenvalue weighted by Gasteiger charge is -2.07. The minimum absolute atomic E-state index is 0.630. The van der Waals surface area contributed by atoms with Crippen molar-refractivity contribution in [1.29, 1.82) is 0 Å². The van der Waals surface area contributed by atoms with E-state index >= 15 is 0 Å². The maximum atomic E-state index is 11.2. The highest BCUT2D eigenvalue weighted by molar-refractivity contribution is 6.37. The van der Waals surface area contributed by atoms with E-state index in [0.717, 1.165) is 11.1 Å². The van der Waals surface area contributed by atoms with Crippen LogP contribution >= 0.6 is 0 Å². The molecule has 80 valence electrons. The molecule has 0 aliphatic carbocycles. The van der Waals surface area contributed by atoms with E-state index in [9.17, 15) is 9.59 Å². The van der Waals surface area contributed by atoms with Gasteiger partial charge >= 0.3 is 11.9 Å². The van der Waals surface area contributed by atoms with Crippen LogP contribution in [0.15, 0.2) is 18.2 Å². The number of aryl methyl sites for hydroxylation is 2. The summed E-state index contributed by atoms with van der Waals surface area (Å²) in [7, 11) is 1.17. The molecule has 15 heavy (non-hydrogen) atoms. The molecule has 0 bridgehead atoms. The molecule has 0 fully saturated rings. The SMILES string of the molecule is COC(=O)C(=O)Nc1cc(C)ccc1C. The van der Waals surface area contributed by atoms with Crippen molar-refractivity contribution in [2.75, 3.05) is 12.4 Å². The molecule has 1 aromatic rings. The molecule has 0 spiro atoms. The lowest BCUT2D eigenvalue weighted by atomic mass is 10.1. The molecule has 0 atom stereocenters. The van der Waals surface area contributed by atoms with Crippen LogP contribution in [0.5, 0.6) is 0 Å². The van der Waals surface area contributed by atoms with E-state index in [1.807, 2.05) is 26.0 Å². The maximum absolute atomic E-state index is 11.2. The van der Waals surface area contributed by atoms with E-state index in [1.165, 1.54) is 7.11 Å². The summed E-state index contributed by atoms with van der Waals surface area (Å²) in [5, 5.41) is 2.49. The van der Waals surface area contributed by atoms with Gasteiger partial charge in [0.2, 0.25) is 0 Å². The summed E-state index contributed by atoms with van der Waals surface area (Å²) < 4.78 is 4.30. The fourth-order valence-corrected chi connectivity index (χ4v) is 1.14. The molecule has 0 aliphatic heterocycles. The fourth-order valence-electron chi connectivity index (χ4n) is 1.14. The van der Waals surface area contributed by atoms with Gasteiger partial charge < -0.3 is 10.1 Å². The standard InChI is InChI=1S/C11H13NO3/c1-7-4-5-8(2)9(6-7)12-10(13)11(14)15-3/h4-6H,1-3H3,(H,12,13). The largest absolute Gasteiger partial charge is 0.462 e. The summed E-state index contributed by atoms with van der Waals surface area (Å²) in [6.07, 6.45) is 0. The highest BCUT2D eigenvalue weighted by atomic mass is 16.5. The summed E-state index contributed by atoms with van der Waals surface area (Å²) in [5.41, 5.74) is 2.55. The van der Waals surface area contributed by atoms with Gasteiger partial charge in [-0.15, -0.1) is 0 Å². The number of esters is 1. The van der Waals surface area contributed by atoms with E-state index in [-0.39, 0.29) is 0 Å². The minimum Gasteiger partial charge on any atom is -0.462 e. The number of carbonyl (C=O) groups excluding carboxylic acids is 2. The van der Waals surface area contributed by atoms with Crippen molar-refractivity contribution >= 4 is 17.6 Å². The van der Waals surface area contributed by atoms with Gasteiger partial charge in [0.05, 0.1) is 7.11 Å². The Morgan fingerprint density at radius 2 is 1.93 bits per heavy atom. The van der Waals surface area contributed by atoms with Crippen molar-refractivity contribution in [1.82, 2.24) is 0 Å². The molecule has 1 amide bonds. The molecule has 0 radical (unpaired) electrons. The first-order valence-electron chi connectivity index (χ1n) is 4.51. The van der Waals surface area contributed by atoms with Crippen molar-refractivity contribution in [3.05, 3.63) is 29.3 Å². The molecule has 1 N–H and O–H groups in total. The zero-order valence-electron chi connectivity index (χ0n) is 8.96. The summed E-state index contributed by atoms with van der Waals surface area (Å²) in [5.74, 6) is -1.65. The van der Waals surface area contributed by atoms with Gasteiger partial charge in [0.25, 0.3) is 0 Å². The van der Waals surface area contributed by atoms with Crippen LogP contribution in [0.25, 0.3) is 0 Å². The number of carbonyl (C=O) groups is 2. The molecule has 0 heterocycles. The Balaban J connectivity index is 2.85. The number of nitrogens with one attached hydrogen (secondary N) is 1. The summed E-state index contributed by atoms with van der Waals surface area (Å²) >= 11 is 0. The molecule has 4 heteroatoms. The van der Waals surface area contributed by atoms with Crippen LogP contribution in [0.1, 0.15) is 11.1 Å². The molecule has 0 aromatic heterocycles. The van der Waals surface area contributed by atoms with Crippen LogP contribution in [0.4, 0.5) is 5.69 Å². The molecular formula is C11H13NO3. The third-order valence-electron chi connectivity index (χ3n) is 2.01. The van der Waals surface area contributed by atoms with Crippen LogP contribution < -0.4 is 5.32 Å². The number of rotatable bonds is 1. The van der Waals surface area contributed by atoms with Crippen LogP contribution in [0, 0.1) is 13.8 Å². The molecule has 1 aromatic carbocycles. The van der Waals surface area contributed by atoms with Crippen molar-refractivity contribution < 1.29 is 14.3 Å². The van der Waals surface area contributed by atoms with Crippen molar-refractivity contribution in [3.8, 4) is 0 Å². The maximum Gasteiger partial charge on any atom is 0.396 e. The highest BCUT2D eigenvalue weighted by Crippen LogP contribution is 2.16. The number of amides is 1. The predicted molar refractivity (Wildman–Crippen MR) is 56.6 cm³/mol. The molecule has 1 rings (SSSR count). The van der Waals surface area contributed by atoms with Gasteiger partial charge in [-0.1, -0.05) is 12.1 Å². The highest BCUT2D eigenvalue weighted by Gasteiger charge is 2.14. The van der Waals surface area contributed by atoms with Gasteiger partial charge in [0.1, 0.15) is 0 Å². The summed E-state index contributed by atoms with van der Waals surface area (Å²) in [4.78, 5) is 22.1. The first-order valence-corrected chi connectivity index (χ1v) is 4.51.